The zero-order valence-corrected chi connectivity index (χ0v) is 23.8. The topological polar surface area (TPSA) is 115 Å². The van der Waals surface area contributed by atoms with E-state index in [1.807, 2.05) is 84.9 Å². The van der Waals surface area contributed by atoms with Gasteiger partial charge in [0.05, 0.1) is 10.6 Å². The van der Waals surface area contributed by atoms with Crippen molar-refractivity contribution in [2.45, 2.75) is 0 Å². The molecule has 0 aliphatic heterocycles. The van der Waals surface area contributed by atoms with Crippen LogP contribution >= 0.6 is 15.2 Å². The van der Waals surface area contributed by atoms with Crippen LogP contribution in [0.2, 0.25) is 0 Å². The molecule has 7 aromatic carbocycles. The summed E-state index contributed by atoms with van der Waals surface area (Å²) in [7, 11) is -9.17. The first-order valence-corrected chi connectivity index (χ1v) is 16.4. The van der Waals surface area contributed by atoms with Crippen LogP contribution in [-0.2, 0) is 9.13 Å². The minimum absolute atomic E-state index is 0.104. The summed E-state index contributed by atoms with van der Waals surface area (Å²) in [5, 5.41) is 6.55. The van der Waals surface area contributed by atoms with Gasteiger partial charge in [-0.3, -0.25) is 9.13 Å². The molecule has 0 aliphatic carbocycles. The molecule has 8 heteroatoms. The van der Waals surface area contributed by atoms with E-state index in [2.05, 4.69) is 0 Å². The second-order valence-corrected chi connectivity index (χ2v) is 13.6. The minimum atomic E-state index is -4.59. The van der Waals surface area contributed by atoms with Crippen molar-refractivity contribution in [3.05, 3.63) is 121 Å². The van der Waals surface area contributed by atoms with E-state index in [9.17, 15) is 28.7 Å². The summed E-state index contributed by atoms with van der Waals surface area (Å²) in [6.07, 6.45) is 0. The monoisotopic (exact) mass is 590 g/mol. The van der Waals surface area contributed by atoms with Crippen LogP contribution in [0.4, 0.5) is 0 Å². The van der Waals surface area contributed by atoms with Gasteiger partial charge in [0.15, 0.2) is 0 Å². The Morgan fingerprint density at radius 1 is 0.381 bits per heavy atom. The quantitative estimate of drug-likeness (QED) is 0.127. The maximum absolute atomic E-state index is 12.4. The number of rotatable bonds is 4. The SMILES string of the molecule is O=P(O)(O)c1ccc2c(-c3ccc4ccccc4c3)c3cc(P(=O)(O)O)ccc3c(-c3ccc4ccccc4c3)c2c1. The van der Waals surface area contributed by atoms with Crippen molar-refractivity contribution in [1.82, 2.24) is 0 Å². The van der Waals surface area contributed by atoms with Gasteiger partial charge in [0.1, 0.15) is 0 Å². The fourth-order valence-electron chi connectivity index (χ4n) is 5.88. The summed E-state index contributed by atoms with van der Waals surface area (Å²) in [6, 6.07) is 37.1. The highest BCUT2D eigenvalue weighted by Gasteiger charge is 2.24. The van der Waals surface area contributed by atoms with Crippen LogP contribution in [0.3, 0.4) is 0 Å². The highest BCUT2D eigenvalue weighted by atomic mass is 31.2. The molecule has 7 aromatic rings. The van der Waals surface area contributed by atoms with Gasteiger partial charge < -0.3 is 19.6 Å². The lowest BCUT2D eigenvalue weighted by molar-refractivity contribution is 0.385. The van der Waals surface area contributed by atoms with Crippen molar-refractivity contribution < 1.29 is 28.7 Å². The van der Waals surface area contributed by atoms with Crippen LogP contribution in [0, 0.1) is 0 Å². The molecule has 0 fully saturated rings. The van der Waals surface area contributed by atoms with E-state index in [-0.39, 0.29) is 10.6 Å². The normalized spacial score (nSPS) is 12.5. The zero-order valence-electron chi connectivity index (χ0n) is 22.0. The summed E-state index contributed by atoms with van der Waals surface area (Å²) in [4.78, 5) is 40.5. The summed E-state index contributed by atoms with van der Waals surface area (Å²) < 4.78 is 24.9. The van der Waals surface area contributed by atoms with Crippen LogP contribution in [0.25, 0.3) is 65.3 Å². The van der Waals surface area contributed by atoms with Gasteiger partial charge in [-0.1, -0.05) is 84.9 Å². The van der Waals surface area contributed by atoms with Crippen molar-refractivity contribution in [1.29, 1.82) is 0 Å². The Morgan fingerprint density at radius 2 is 0.762 bits per heavy atom. The Morgan fingerprint density at radius 3 is 1.14 bits per heavy atom. The Kier molecular flexibility index (Phi) is 6.19. The lowest BCUT2D eigenvalue weighted by atomic mass is 9.85. The molecule has 0 amide bonds. The number of hydrogen-bond acceptors (Lipinski definition) is 2. The third-order valence-electron chi connectivity index (χ3n) is 7.83. The Bertz CT molecular complexity index is 2150. The number of hydrogen-bond donors (Lipinski definition) is 4. The standard InChI is InChI=1S/C34H24O6P2/c35-41(36,37)27-14-16-30-31(19-27)33(25-11-9-21-5-1-3-7-23(21)17-25)29-15-13-28(42(38,39)40)20-32(29)34(30)26-12-10-22-6-2-4-8-24(22)18-26/h1-20H,(H2,35,36,37)(H2,38,39,40). The van der Waals surface area contributed by atoms with Gasteiger partial charge in [0.25, 0.3) is 0 Å². The van der Waals surface area contributed by atoms with Gasteiger partial charge in [0.2, 0.25) is 0 Å². The lowest BCUT2D eigenvalue weighted by Gasteiger charge is -2.20. The molecule has 0 atom stereocenters. The fraction of sp³-hybridized carbons (Fsp3) is 0. The van der Waals surface area contributed by atoms with Crippen molar-refractivity contribution in [3.8, 4) is 22.3 Å². The molecule has 0 radical (unpaired) electrons. The first-order chi connectivity index (χ1) is 20.1. The third-order valence-corrected chi connectivity index (χ3v) is 9.73. The van der Waals surface area contributed by atoms with E-state index in [1.165, 1.54) is 12.1 Å². The van der Waals surface area contributed by atoms with E-state index in [4.69, 9.17) is 0 Å². The summed E-state index contributed by atoms with van der Waals surface area (Å²) in [5.74, 6) is 0. The number of fused-ring (bicyclic) bond motifs is 4. The highest BCUT2D eigenvalue weighted by Crippen LogP contribution is 2.47. The van der Waals surface area contributed by atoms with Gasteiger partial charge >= 0.3 is 15.2 Å². The average Bonchev–Trinajstić information content (AvgIpc) is 2.98. The van der Waals surface area contributed by atoms with E-state index < -0.39 is 15.2 Å². The smallest absolute Gasteiger partial charge is 0.321 e. The third kappa shape index (κ3) is 4.56. The van der Waals surface area contributed by atoms with Crippen LogP contribution in [-0.4, -0.2) is 19.6 Å². The maximum Gasteiger partial charge on any atom is 0.356 e. The largest absolute Gasteiger partial charge is 0.356 e. The number of benzene rings is 7. The molecule has 7 rings (SSSR count). The van der Waals surface area contributed by atoms with E-state index in [1.54, 1.807) is 24.3 Å². The van der Waals surface area contributed by atoms with Crippen LogP contribution in [0.15, 0.2) is 121 Å². The van der Waals surface area contributed by atoms with Crippen molar-refractivity contribution in [2.75, 3.05) is 0 Å². The second-order valence-electron chi connectivity index (χ2n) is 10.4. The molecule has 0 saturated heterocycles. The highest BCUT2D eigenvalue weighted by molar-refractivity contribution is 7.60. The molecule has 0 aromatic heterocycles. The summed E-state index contributed by atoms with van der Waals surface area (Å²) in [5.41, 5.74) is 3.09. The molecule has 0 unspecified atom stereocenters. The van der Waals surface area contributed by atoms with Crippen molar-refractivity contribution >= 4 is 68.9 Å². The molecule has 0 bridgehead atoms. The van der Waals surface area contributed by atoms with Crippen LogP contribution in [0.1, 0.15) is 0 Å². The molecule has 0 saturated carbocycles. The molecule has 0 spiro atoms. The van der Waals surface area contributed by atoms with Crippen molar-refractivity contribution in [3.63, 3.8) is 0 Å². The van der Waals surface area contributed by atoms with Gasteiger partial charge in [0, 0.05) is 0 Å². The molecule has 206 valence electrons. The Balaban J connectivity index is 1.69. The first-order valence-electron chi connectivity index (χ1n) is 13.2. The maximum atomic E-state index is 12.4. The molecular formula is C34H24O6P2. The van der Waals surface area contributed by atoms with Crippen LogP contribution < -0.4 is 10.6 Å². The second kappa shape index (κ2) is 9.72. The van der Waals surface area contributed by atoms with Gasteiger partial charge in [-0.05, 0) is 102 Å². The van der Waals surface area contributed by atoms with E-state index in [0.29, 0.717) is 21.5 Å². The molecule has 42 heavy (non-hydrogen) atoms. The molecular weight excluding hydrogens is 566 g/mol. The van der Waals surface area contributed by atoms with Crippen LogP contribution in [0.5, 0.6) is 0 Å². The lowest BCUT2D eigenvalue weighted by Crippen LogP contribution is -2.06. The average molecular weight is 591 g/mol. The minimum Gasteiger partial charge on any atom is -0.321 e. The predicted octanol–water partition coefficient (Wildman–Crippen LogP) is 7.24. The van der Waals surface area contributed by atoms with Gasteiger partial charge in [-0.2, -0.15) is 0 Å². The first kappa shape index (κ1) is 26.8. The zero-order chi connectivity index (χ0) is 29.2. The molecule has 6 nitrogen and oxygen atoms in total. The molecule has 0 aliphatic rings. The van der Waals surface area contributed by atoms with Gasteiger partial charge in [-0.25, -0.2) is 0 Å². The fourth-order valence-corrected chi connectivity index (χ4v) is 7.01. The van der Waals surface area contributed by atoms with Crippen molar-refractivity contribution in [2.24, 2.45) is 0 Å². The summed E-state index contributed by atoms with van der Waals surface area (Å²) in [6.45, 7) is 0. The van der Waals surface area contributed by atoms with Gasteiger partial charge in [-0.15, -0.1) is 0 Å². The molecule has 4 N–H and O–H groups in total. The Labute approximate surface area is 240 Å². The van der Waals surface area contributed by atoms with E-state index >= 15 is 0 Å². The molecule has 0 heterocycles. The Hall–Kier alpha value is -4.12. The summed E-state index contributed by atoms with van der Waals surface area (Å²) >= 11 is 0. The van der Waals surface area contributed by atoms with E-state index in [0.717, 1.165) is 43.8 Å². The predicted molar refractivity (Wildman–Crippen MR) is 171 cm³/mol.